The molecule has 1 saturated heterocycles. The van der Waals surface area contributed by atoms with Crippen molar-refractivity contribution in [3.05, 3.63) is 70.1 Å². The number of anilines is 1. The summed E-state index contributed by atoms with van der Waals surface area (Å²) in [5, 5.41) is 3.93. The van der Waals surface area contributed by atoms with Crippen LogP contribution >= 0.6 is 11.6 Å². The van der Waals surface area contributed by atoms with Crippen molar-refractivity contribution in [1.82, 2.24) is 19.5 Å². The molecule has 0 amide bonds. The first-order chi connectivity index (χ1) is 15.1. The van der Waals surface area contributed by atoms with Crippen LogP contribution in [0.4, 0.5) is 5.95 Å². The second kappa shape index (κ2) is 8.49. The van der Waals surface area contributed by atoms with Gasteiger partial charge < -0.3 is 19.0 Å². The summed E-state index contributed by atoms with van der Waals surface area (Å²) < 4.78 is 12.6. The summed E-state index contributed by atoms with van der Waals surface area (Å²) in [6.07, 6.45) is 5.25. The van der Waals surface area contributed by atoms with Gasteiger partial charge in [0.2, 0.25) is 11.8 Å². The van der Waals surface area contributed by atoms with E-state index in [0.29, 0.717) is 39.7 Å². The number of pyridine rings is 1. The van der Waals surface area contributed by atoms with Gasteiger partial charge in [-0.2, -0.15) is 0 Å². The number of benzene rings is 1. The smallest absolute Gasteiger partial charge is 0.251 e. The normalized spacial score (nSPS) is 14.7. The molecule has 1 aliphatic heterocycles. The summed E-state index contributed by atoms with van der Waals surface area (Å²) in [6.45, 7) is 1.71. The van der Waals surface area contributed by atoms with Gasteiger partial charge in [0, 0.05) is 54.4 Å². The summed E-state index contributed by atoms with van der Waals surface area (Å²) in [5.74, 6) is 0.996. The molecule has 1 N–H and O–H groups in total. The lowest BCUT2D eigenvalue weighted by atomic mass is 10.1. The van der Waals surface area contributed by atoms with Gasteiger partial charge in [0.25, 0.3) is 5.56 Å². The first-order valence-corrected chi connectivity index (χ1v) is 10.4. The minimum Gasteiger partial charge on any atom is -0.439 e. The van der Waals surface area contributed by atoms with Crippen LogP contribution in [0.2, 0.25) is 5.02 Å². The Hall–Kier alpha value is -3.23. The lowest BCUT2D eigenvalue weighted by molar-refractivity contribution is 0.0903. The van der Waals surface area contributed by atoms with E-state index < -0.39 is 0 Å². The number of nitrogens with one attached hydrogen (secondary N) is 1. The molecule has 4 aromatic rings. The third-order valence-electron chi connectivity index (χ3n) is 5.20. The van der Waals surface area contributed by atoms with Crippen LogP contribution in [0.1, 0.15) is 18.7 Å². The topological polar surface area (TPSA) is 95.1 Å². The number of rotatable bonds is 5. The first kappa shape index (κ1) is 19.7. The van der Waals surface area contributed by atoms with Gasteiger partial charge in [0.1, 0.15) is 12.1 Å². The molecule has 3 aromatic heterocycles. The Labute approximate surface area is 182 Å². The van der Waals surface area contributed by atoms with Gasteiger partial charge >= 0.3 is 0 Å². The average molecular weight is 438 g/mol. The fourth-order valence-corrected chi connectivity index (χ4v) is 3.73. The number of aromatic nitrogens is 4. The van der Waals surface area contributed by atoms with E-state index in [4.69, 9.17) is 20.8 Å². The second-order valence-electron chi connectivity index (χ2n) is 7.40. The van der Waals surface area contributed by atoms with Crippen molar-refractivity contribution in [2.24, 2.45) is 0 Å². The molecule has 31 heavy (non-hydrogen) atoms. The summed E-state index contributed by atoms with van der Waals surface area (Å²) in [6, 6.07) is 10.7. The summed E-state index contributed by atoms with van der Waals surface area (Å²) in [5.41, 5.74) is 2.54. The summed E-state index contributed by atoms with van der Waals surface area (Å²) in [4.78, 5) is 26.0. The maximum atomic E-state index is 12.7. The molecule has 1 fully saturated rings. The van der Waals surface area contributed by atoms with E-state index in [0.717, 1.165) is 31.6 Å². The molecule has 158 valence electrons. The van der Waals surface area contributed by atoms with Crippen LogP contribution in [0.15, 0.2) is 58.0 Å². The molecule has 0 spiro atoms. The maximum Gasteiger partial charge on any atom is 0.251 e. The fraction of sp³-hybridized carbons (Fsp3) is 0.273. The number of oxazole rings is 1. The van der Waals surface area contributed by atoms with Gasteiger partial charge in [-0.15, -0.1) is 0 Å². The Morgan fingerprint density at radius 2 is 2.00 bits per heavy atom. The Bertz CT molecular complexity index is 1280. The monoisotopic (exact) mass is 437 g/mol. The zero-order valence-corrected chi connectivity index (χ0v) is 17.4. The second-order valence-corrected chi connectivity index (χ2v) is 7.83. The van der Waals surface area contributed by atoms with Gasteiger partial charge in [-0.05, 0) is 37.1 Å². The third-order valence-corrected chi connectivity index (χ3v) is 5.44. The number of hydrogen-bond donors (Lipinski definition) is 1. The number of nitrogens with zero attached hydrogens (tertiary/aromatic N) is 4. The van der Waals surface area contributed by atoms with Crippen LogP contribution in [0.5, 0.6) is 0 Å². The number of fused-ring (bicyclic) bond motifs is 1. The molecule has 4 heterocycles. The van der Waals surface area contributed by atoms with Crippen molar-refractivity contribution >= 4 is 28.6 Å². The van der Waals surface area contributed by atoms with E-state index in [1.54, 1.807) is 42.7 Å². The van der Waals surface area contributed by atoms with Crippen molar-refractivity contribution in [3.63, 3.8) is 0 Å². The molecule has 1 aromatic carbocycles. The number of hydrogen-bond acceptors (Lipinski definition) is 7. The van der Waals surface area contributed by atoms with Gasteiger partial charge in [-0.1, -0.05) is 11.6 Å². The Morgan fingerprint density at radius 1 is 1.13 bits per heavy atom. The predicted octanol–water partition coefficient (Wildman–Crippen LogP) is 3.74. The molecule has 0 unspecified atom stereocenters. The molecular formula is C22H20ClN5O3. The van der Waals surface area contributed by atoms with E-state index in [2.05, 4.69) is 20.3 Å². The molecule has 1 aliphatic rings. The molecule has 0 atom stereocenters. The van der Waals surface area contributed by atoms with Crippen LogP contribution in [0.25, 0.3) is 22.4 Å². The Balaban J connectivity index is 1.35. The zero-order chi connectivity index (χ0) is 21.2. The first-order valence-electron chi connectivity index (χ1n) is 10.1. The van der Waals surface area contributed by atoms with Gasteiger partial charge in [0.05, 0.1) is 5.69 Å². The van der Waals surface area contributed by atoms with Crippen molar-refractivity contribution in [2.75, 3.05) is 18.5 Å². The molecule has 0 bridgehead atoms. The largest absolute Gasteiger partial charge is 0.439 e. The van der Waals surface area contributed by atoms with E-state index in [-0.39, 0.29) is 12.1 Å². The molecule has 8 nitrogen and oxygen atoms in total. The minimum absolute atomic E-state index is 0.171. The van der Waals surface area contributed by atoms with E-state index >= 15 is 0 Å². The highest BCUT2D eigenvalue weighted by atomic mass is 35.5. The van der Waals surface area contributed by atoms with E-state index in [1.165, 1.54) is 4.57 Å². The van der Waals surface area contributed by atoms with Gasteiger partial charge in [-0.3, -0.25) is 4.79 Å². The van der Waals surface area contributed by atoms with Crippen molar-refractivity contribution in [2.45, 2.75) is 25.4 Å². The van der Waals surface area contributed by atoms with Crippen molar-refractivity contribution < 1.29 is 9.15 Å². The van der Waals surface area contributed by atoms with Crippen LogP contribution in [-0.2, 0) is 11.3 Å². The quantitative estimate of drug-likeness (QED) is 0.508. The molecule has 0 radical (unpaired) electrons. The SMILES string of the molecule is O=c1cc(-c2ccnc(NC3CCOCC3)n2)ccn1Cc1nc2ccc(Cl)cc2o1. The average Bonchev–Trinajstić information content (AvgIpc) is 3.17. The molecule has 9 heteroatoms. The molecular weight excluding hydrogens is 418 g/mol. The number of ether oxygens (including phenoxy) is 1. The van der Waals surface area contributed by atoms with Crippen LogP contribution in [0, 0.1) is 0 Å². The molecule has 0 aliphatic carbocycles. The molecule has 5 rings (SSSR count). The fourth-order valence-electron chi connectivity index (χ4n) is 3.57. The third kappa shape index (κ3) is 4.45. The van der Waals surface area contributed by atoms with Crippen LogP contribution < -0.4 is 10.9 Å². The van der Waals surface area contributed by atoms with E-state index in [1.807, 2.05) is 6.07 Å². The standard InChI is InChI=1S/C22H20ClN5O3/c23-15-1-2-18-19(12-15)31-20(26-18)13-28-8-4-14(11-21(28)29)17-3-7-24-22(27-17)25-16-5-9-30-10-6-16/h1-4,7-8,11-12,16H,5-6,9-10,13H2,(H,24,25,27). The lowest BCUT2D eigenvalue weighted by Crippen LogP contribution is -2.28. The van der Waals surface area contributed by atoms with Crippen molar-refractivity contribution in [3.8, 4) is 11.3 Å². The zero-order valence-electron chi connectivity index (χ0n) is 16.6. The Kier molecular flexibility index (Phi) is 5.40. The molecule has 0 saturated carbocycles. The maximum absolute atomic E-state index is 12.7. The highest BCUT2D eigenvalue weighted by Gasteiger charge is 2.15. The summed E-state index contributed by atoms with van der Waals surface area (Å²) in [7, 11) is 0. The van der Waals surface area contributed by atoms with Crippen LogP contribution in [-0.4, -0.2) is 38.8 Å². The van der Waals surface area contributed by atoms with Gasteiger partial charge in [0.15, 0.2) is 5.58 Å². The van der Waals surface area contributed by atoms with Gasteiger partial charge in [-0.25, -0.2) is 15.0 Å². The minimum atomic E-state index is -0.171. The highest BCUT2D eigenvalue weighted by Crippen LogP contribution is 2.21. The highest BCUT2D eigenvalue weighted by molar-refractivity contribution is 6.31. The van der Waals surface area contributed by atoms with Crippen LogP contribution in [0.3, 0.4) is 0 Å². The Morgan fingerprint density at radius 3 is 2.84 bits per heavy atom. The lowest BCUT2D eigenvalue weighted by Gasteiger charge is -2.23. The predicted molar refractivity (Wildman–Crippen MR) is 117 cm³/mol. The van der Waals surface area contributed by atoms with Crippen molar-refractivity contribution in [1.29, 1.82) is 0 Å². The number of halogens is 1. The van der Waals surface area contributed by atoms with E-state index in [9.17, 15) is 4.79 Å². The summed E-state index contributed by atoms with van der Waals surface area (Å²) >= 11 is 5.99.